The molecule has 3 rings (SSSR count). The molecule has 1 unspecified atom stereocenters. The van der Waals surface area contributed by atoms with Crippen molar-refractivity contribution in [2.75, 3.05) is 10.8 Å². The molecule has 1 atom stereocenters. The predicted molar refractivity (Wildman–Crippen MR) is 162 cm³/mol. The number of halogens is 5. The number of alkyl halides is 3. The van der Waals surface area contributed by atoms with Crippen molar-refractivity contribution in [3.05, 3.63) is 93.5 Å². The Balaban J connectivity index is 2.14. The Morgan fingerprint density at radius 2 is 1.49 bits per heavy atom. The minimum atomic E-state index is -4.77. The van der Waals surface area contributed by atoms with Gasteiger partial charge in [-0.05, 0) is 77.1 Å². The van der Waals surface area contributed by atoms with Gasteiger partial charge in [0, 0.05) is 27.7 Å². The SMILES string of the molecule is Cc1ccc(S(=O)(=O)N(CC(=O)N(Cc2c(Cl)cccc2Cl)C(C)C(=O)NC(C)(C)C)c2cccc(C(F)(F)F)c2)cc1. The first kappa shape index (κ1) is 34.2. The maximum absolute atomic E-state index is 14.0. The van der Waals surface area contributed by atoms with Crippen molar-refractivity contribution < 1.29 is 31.2 Å². The van der Waals surface area contributed by atoms with E-state index in [-0.39, 0.29) is 27.2 Å². The number of hydrogen-bond donors (Lipinski definition) is 1. The van der Waals surface area contributed by atoms with E-state index in [1.165, 1.54) is 37.3 Å². The van der Waals surface area contributed by atoms with Crippen LogP contribution in [0.5, 0.6) is 0 Å². The van der Waals surface area contributed by atoms with Gasteiger partial charge in [0.05, 0.1) is 16.1 Å². The minimum absolute atomic E-state index is 0.204. The largest absolute Gasteiger partial charge is 0.416 e. The fourth-order valence-corrected chi connectivity index (χ4v) is 6.04. The number of rotatable bonds is 9. The van der Waals surface area contributed by atoms with Gasteiger partial charge in [0.15, 0.2) is 0 Å². The Hall–Kier alpha value is -3.28. The van der Waals surface area contributed by atoms with Crippen LogP contribution in [0.25, 0.3) is 0 Å². The molecule has 0 aliphatic carbocycles. The van der Waals surface area contributed by atoms with Crippen LogP contribution in [0.2, 0.25) is 10.0 Å². The highest BCUT2D eigenvalue weighted by Crippen LogP contribution is 2.34. The van der Waals surface area contributed by atoms with Crippen molar-refractivity contribution in [2.45, 2.75) is 63.8 Å². The molecule has 0 aromatic heterocycles. The molecule has 0 bridgehead atoms. The van der Waals surface area contributed by atoms with Crippen molar-refractivity contribution in [1.82, 2.24) is 10.2 Å². The summed E-state index contributed by atoms with van der Waals surface area (Å²) in [5, 5.41) is 3.19. The van der Waals surface area contributed by atoms with Crippen molar-refractivity contribution in [1.29, 1.82) is 0 Å². The van der Waals surface area contributed by atoms with E-state index in [2.05, 4.69) is 5.32 Å². The number of hydrogen-bond acceptors (Lipinski definition) is 4. The number of nitrogens with one attached hydrogen (secondary N) is 1. The van der Waals surface area contributed by atoms with Gasteiger partial charge in [0.25, 0.3) is 10.0 Å². The van der Waals surface area contributed by atoms with Crippen LogP contribution < -0.4 is 9.62 Å². The second kappa shape index (κ2) is 13.2. The van der Waals surface area contributed by atoms with Crippen LogP contribution in [0.3, 0.4) is 0 Å². The Bertz CT molecular complexity index is 1570. The number of amides is 2. The molecule has 3 aromatic rings. The highest BCUT2D eigenvalue weighted by molar-refractivity contribution is 7.92. The maximum Gasteiger partial charge on any atom is 0.416 e. The van der Waals surface area contributed by atoms with Crippen LogP contribution in [0, 0.1) is 6.92 Å². The first-order valence-corrected chi connectivity index (χ1v) is 15.3. The van der Waals surface area contributed by atoms with Crippen molar-refractivity contribution in [2.24, 2.45) is 0 Å². The first-order valence-electron chi connectivity index (χ1n) is 13.1. The van der Waals surface area contributed by atoms with Crippen LogP contribution in [0.4, 0.5) is 18.9 Å². The molecule has 7 nitrogen and oxygen atoms in total. The summed E-state index contributed by atoms with van der Waals surface area (Å²) in [6.07, 6.45) is -4.77. The minimum Gasteiger partial charge on any atom is -0.350 e. The third-order valence-corrected chi connectivity index (χ3v) is 8.90. The lowest BCUT2D eigenvalue weighted by Gasteiger charge is -2.34. The summed E-state index contributed by atoms with van der Waals surface area (Å²) in [7, 11) is -4.56. The Morgan fingerprint density at radius 1 is 0.930 bits per heavy atom. The summed E-state index contributed by atoms with van der Waals surface area (Å²) >= 11 is 12.7. The zero-order valence-electron chi connectivity index (χ0n) is 24.2. The molecule has 0 saturated carbocycles. The summed E-state index contributed by atoms with van der Waals surface area (Å²) in [5.41, 5.74) is -1.09. The van der Waals surface area contributed by atoms with E-state index in [9.17, 15) is 31.2 Å². The summed E-state index contributed by atoms with van der Waals surface area (Å²) in [6, 6.07) is 12.9. The molecular formula is C30H32Cl2F3N3O4S. The Labute approximate surface area is 259 Å². The Kier molecular flexibility index (Phi) is 10.5. The molecular weight excluding hydrogens is 626 g/mol. The number of carbonyl (C=O) groups excluding carboxylic acids is 2. The number of carbonyl (C=O) groups is 2. The topological polar surface area (TPSA) is 86.8 Å². The lowest BCUT2D eigenvalue weighted by atomic mass is 10.1. The normalized spacial score (nSPS) is 12.9. The molecule has 0 radical (unpaired) electrons. The number of nitrogens with zero attached hydrogens (tertiary/aromatic N) is 2. The molecule has 0 heterocycles. The molecule has 0 aliphatic heterocycles. The number of aryl methyl sites for hydroxylation is 1. The average Bonchev–Trinajstić information content (AvgIpc) is 2.90. The summed E-state index contributed by atoms with van der Waals surface area (Å²) in [5.74, 6) is -1.42. The molecule has 2 amide bonds. The summed E-state index contributed by atoms with van der Waals surface area (Å²) in [4.78, 5) is 28.1. The molecule has 232 valence electrons. The van der Waals surface area contributed by atoms with Crippen LogP contribution >= 0.6 is 23.2 Å². The van der Waals surface area contributed by atoms with Gasteiger partial charge >= 0.3 is 6.18 Å². The smallest absolute Gasteiger partial charge is 0.350 e. The number of sulfonamides is 1. The molecule has 0 aliphatic rings. The first-order chi connectivity index (χ1) is 19.8. The van der Waals surface area contributed by atoms with E-state index < -0.39 is 51.7 Å². The molecule has 0 spiro atoms. The highest BCUT2D eigenvalue weighted by atomic mass is 35.5. The van der Waals surface area contributed by atoms with Gasteiger partial charge in [-0.3, -0.25) is 13.9 Å². The number of benzene rings is 3. The zero-order chi connectivity index (χ0) is 32.3. The molecule has 43 heavy (non-hydrogen) atoms. The van der Waals surface area contributed by atoms with Crippen LogP contribution in [0.1, 0.15) is 44.4 Å². The lowest BCUT2D eigenvalue weighted by Crippen LogP contribution is -2.54. The number of anilines is 1. The van der Waals surface area contributed by atoms with Crippen LogP contribution in [-0.2, 0) is 32.3 Å². The van der Waals surface area contributed by atoms with E-state index in [0.717, 1.165) is 22.6 Å². The second-order valence-corrected chi connectivity index (χ2v) is 13.7. The Morgan fingerprint density at radius 3 is 2.02 bits per heavy atom. The average molecular weight is 659 g/mol. The fraction of sp³-hybridized carbons (Fsp3) is 0.333. The lowest BCUT2D eigenvalue weighted by molar-refractivity contribution is -0.140. The van der Waals surface area contributed by atoms with E-state index >= 15 is 0 Å². The van der Waals surface area contributed by atoms with Gasteiger partial charge in [-0.2, -0.15) is 13.2 Å². The van der Waals surface area contributed by atoms with Gasteiger partial charge in [-0.1, -0.05) is 53.0 Å². The molecule has 0 saturated heterocycles. The zero-order valence-corrected chi connectivity index (χ0v) is 26.5. The van der Waals surface area contributed by atoms with E-state index in [4.69, 9.17) is 23.2 Å². The van der Waals surface area contributed by atoms with Crippen molar-refractivity contribution in [3.8, 4) is 0 Å². The standard InChI is InChI=1S/C30H32Cl2F3N3O4S/c1-19-12-14-23(15-13-19)43(41,42)38(22-9-6-8-21(16-22)30(33,34)35)18-27(39)37(20(2)28(40)36-29(3,4)5)17-24-25(31)10-7-11-26(24)32/h6-16,20H,17-18H2,1-5H3,(H,36,40). The van der Waals surface area contributed by atoms with E-state index in [0.29, 0.717) is 15.9 Å². The van der Waals surface area contributed by atoms with E-state index in [1.807, 2.05) is 0 Å². The molecule has 0 fully saturated rings. The summed E-state index contributed by atoms with van der Waals surface area (Å²) < 4.78 is 69.2. The monoisotopic (exact) mass is 657 g/mol. The van der Waals surface area contributed by atoms with Crippen LogP contribution in [-0.4, -0.2) is 43.3 Å². The predicted octanol–water partition coefficient (Wildman–Crippen LogP) is 6.85. The third-order valence-electron chi connectivity index (χ3n) is 6.40. The fourth-order valence-electron chi connectivity index (χ4n) is 4.11. The van der Waals surface area contributed by atoms with E-state index in [1.54, 1.807) is 45.9 Å². The summed E-state index contributed by atoms with van der Waals surface area (Å²) in [6.45, 7) is 7.23. The quantitative estimate of drug-likeness (QED) is 0.273. The van der Waals surface area contributed by atoms with Gasteiger partial charge in [0.1, 0.15) is 12.6 Å². The molecule has 1 N–H and O–H groups in total. The second-order valence-electron chi connectivity index (χ2n) is 11.0. The molecule has 13 heteroatoms. The highest BCUT2D eigenvalue weighted by Gasteiger charge is 2.36. The third kappa shape index (κ3) is 8.64. The van der Waals surface area contributed by atoms with Gasteiger partial charge in [0.2, 0.25) is 11.8 Å². The van der Waals surface area contributed by atoms with Gasteiger partial charge in [-0.25, -0.2) is 8.42 Å². The van der Waals surface area contributed by atoms with Crippen LogP contribution in [0.15, 0.2) is 71.6 Å². The van der Waals surface area contributed by atoms with Crippen molar-refractivity contribution >= 4 is 50.7 Å². The maximum atomic E-state index is 14.0. The van der Waals surface area contributed by atoms with Gasteiger partial charge < -0.3 is 10.2 Å². The molecule has 3 aromatic carbocycles. The van der Waals surface area contributed by atoms with Crippen molar-refractivity contribution in [3.63, 3.8) is 0 Å². The van der Waals surface area contributed by atoms with Gasteiger partial charge in [-0.15, -0.1) is 0 Å².